The highest BCUT2D eigenvalue weighted by atomic mass is 15.3. The molecule has 0 saturated heterocycles. The van der Waals surface area contributed by atoms with Crippen LogP contribution in [0.2, 0.25) is 0 Å². The Bertz CT molecular complexity index is 552. The van der Waals surface area contributed by atoms with Crippen molar-refractivity contribution in [3.63, 3.8) is 0 Å². The number of hydrogen-bond acceptors (Lipinski definition) is 2. The lowest BCUT2D eigenvalue weighted by Crippen LogP contribution is -2.19. The first-order valence-corrected chi connectivity index (χ1v) is 6.78. The summed E-state index contributed by atoms with van der Waals surface area (Å²) in [5.74, 6) is 0. The molecule has 0 aliphatic carbocycles. The second-order valence-corrected chi connectivity index (χ2v) is 5.30. The maximum Gasteiger partial charge on any atom is 0.0644 e. The minimum atomic E-state index is 0.315. The number of nitrogens with one attached hydrogen (secondary N) is 1. The largest absolute Gasteiger partial charge is 0.306 e. The number of rotatable bonds is 4. The molecule has 0 saturated carbocycles. The van der Waals surface area contributed by atoms with Crippen LogP contribution in [-0.2, 0) is 13.6 Å². The first-order chi connectivity index (χ1) is 8.99. The number of benzene rings is 1. The van der Waals surface area contributed by atoms with Gasteiger partial charge >= 0.3 is 0 Å². The third-order valence-electron chi connectivity index (χ3n) is 3.73. The monoisotopic (exact) mass is 257 g/mol. The van der Waals surface area contributed by atoms with E-state index in [2.05, 4.69) is 62.4 Å². The van der Waals surface area contributed by atoms with Gasteiger partial charge in [0.2, 0.25) is 0 Å². The molecule has 1 aromatic carbocycles. The van der Waals surface area contributed by atoms with E-state index in [4.69, 9.17) is 0 Å². The van der Waals surface area contributed by atoms with Crippen LogP contribution >= 0.6 is 0 Å². The third kappa shape index (κ3) is 3.04. The summed E-state index contributed by atoms with van der Waals surface area (Å²) in [5.41, 5.74) is 6.28. The normalized spacial score (nSPS) is 12.7. The van der Waals surface area contributed by atoms with E-state index in [0.717, 1.165) is 12.2 Å². The number of aromatic nitrogens is 2. The molecule has 2 rings (SSSR count). The molecule has 102 valence electrons. The smallest absolute Gasteiger partial charge is 0.0644 e. The van der Waals surface area contributed by atoms with Crippen molar-refractivity contribution in [2.75, 3.05) is 0 Å². The second kappa shape index (κ2) is 5.57. The summed E-state index contributed by atoms with van der Waals surface area (Å²) in [7, 11) is 2.00. The molecule has 2 aromatic rings. The van der Waals surface area contributed by atoms with Crippen LogP contribution in [0.4, 0.5) is 0 Å². The molecule has 0 amide bonds. The summed E-state index contributed by atoms with van der Waals surface area (Å²) in [5, 5.41) is 8.05. The molecule has 0 aliphatic heterocycles. The molecule has 1 atom stereocenters. The molecule has 1 N–H and O–H groups in total. The predicted octanol–water partition coefficient (Wildman–Crippen LogP) is 3.20. The average molecular weight is 257 g/mol. The second-order valence-electron chi connectivity index (χ2n) is 5.30. The number of aryl methyl sites for hydroxylation is 3. The van der Waals surface area contributed by atoms with Crippen molar-refractivity contribution in [3.05, 3.63) is 52.3 Å². The fraction of sp³-hybridized carbons (Fsp3) is 0.438. The fourth-order valence-corrected chi connectivity index (χ4v) is 2.50. The molecule has 0 bridgehead atoms. The van der Waals surface area contributed by atoms with Crippen molar-refractivity contribution in [3.8, 4) is 0 Å². The first-order valence-electron chi connectivity index (χ1n) is 6.78. The van der Waals surface area contributed by atoms with E-state index in [1.165, 1.54) is 22.4 Å². The number of nitrogens with zero attached hydrogens (tertiary/aromatic N) is 2. The number of hydrogen-bond donors (Lipinski definition) is 1. The van der Waals surface area contributed by atoms with E-state index in [0.29, 0.717) is 6.04 Å². The van der Waals surface area contributed by atoms with Crippen LogP contribution in [0, 0.1) is 20.8 Å². The lowest BCUT2D eigenvalue weighted by Gasteiger charge is -2.15. The zero-order chi connectivity index (χ0) is 14.0. The topological polar surface area (TPSA) is 29.9 Å². The van der Waals surface area contributed by atoms with E-state index in [9.17, 15) is 0 Å². The van der Waals surface area contributed by atoms with Gasteiger partial charge in [-0.25, -0.2) is 0 Å². The van der Waals surface area contributed by atoms with E-state index < -0.39 is 0 Å². The van der Waals surface area contributed by atoms with Crippen LogP contribution in [0.25, 0.3) is 0 Å². The minimum Gasteiger partial charge on any atom is -0.306 e. The Morgan fingerprint density at radius 2 is 1.79 bits per heavy atom. The van der Waals surface area contributed by atoms with Gasteiger partial charge in [0.25, 0.3) is 0 Å². The highest BCUT2D eigenvalue weighted by molar-refractivity contribution is 5.28. The maximum absolute atomic E-state index is 4.47. The Hall–Kier alpha value is -1.61. The Kier molecular flexibility index (Phi) is 4.05. The van der Waals surface area contributed by atoms with E-state index in [1.807, 2.05) is 11.7 Å². The summed E-state index contributed by atoms with van der Waals surface area (Å²) in [4.78, 5) is 0. The van der Waals surface area contributed by atoms with Crippen LogP contribution in [-0.4, -0.2) is 9.78 Å². The van der Waals surface area contributed by atoms with Crippen molar-refractivity contribution in [2.45, 2.75) is 40.3 Å². The lowest BCUT2D eigenvalue weighted by molar-refractivity contribution is 0.568. The lowest BCUT2D eigenvalue weighted by atomic mass is 10.1. The molecule has 0 aliphatic rings. The van der Waals surface area contributed by atoms with E-state index in [1.54, 1.807) is 0 Å². The van der Waals surface area contributed by atoms with Crippen LogP contribution in [0.1, 0.15) is 41.0 Å². The van der Waals surface area contributed by atoms with Crippen molar-refractivity contribution in [1.82, 2.24) is 15.1 Å². The molecule has 0 fully saturated rings. The molecular weight excluding hydrogens is 234 g/mol. The standard InChI is InChI=1S/C16H23N3/c1-11-6-8-15(9-7-11)10-17-12(2)16-13(3)18-19(5)14(16)4/h6-9,12,17H,10H2,1-5H3. The van der Waals surface area contributed by atoms with Gasteiger partial charge in [-0.2, -0.15) is 5.10 Å². The van der Waals surface area contributed by atoms with Crippen LogP contribution < -0.4 is 5.32 Å². The molecule has 1 unspecified atom stereocenters. The Balaban J connectivity index is 2.05. The summed E-state index contributed by atoms with van der Waals surface area (Å²) in [6.45, 7) is 9.40. The average Bonchev–Trinajstić information content (AvgIpc) is 2.62. The third-order valence-corrected chi connectivity index (χ3v) is 3.73. The molecule has 19 heavy (non-hydrogen) atoms. The Labute approximate surface area is 115 Å². The zero-order valence-corrected chi connectivity index (χ0v) is 12.5. The Morgan fingerprint density at radius 3 is 2.32 bits per heavy atom. The van der Waals surface area contributed by atoms with Crippen molar-refractivity contribution >= 4 is 0 Å². The molecule has 1 heterocycles. The molecule has 3 heteroatoms. The summed E-state index contributed by atoms with van der Waals surface area (Å²) < 4.78 is 1.95. The fourth-order valence-electron chi connectivity index (χ4n) is 2.50. The van der Waals surface area contributed by atoms with Gasteiger partial charge < -0.3 is 5.32 Å². The molecule has 0 spiro atoms. The zero-order valence-electron chi connectivity index (χ0n) is 12.5. The van der Waals surface area contributed by atoms with Crippen LogP contribution in [0.3, 0.4) is 0 Å². The summed E-state index contributed by atoms with van der Waals surface area (Å²) in [6.07, 6.45) is 0. The first kappa shape index (κ1) is 13.8. The van der Waals surface area contributed by atoms with Crippen molar-refractivity contribution < 1.29 is 0 Å². The summed E-state index contributed by atoms with van der Waals surface area (Å²) >= 11 is 0. The van der Waals surface area contributed by atoms with Gasteiger partial charge in [0.15, 0.2) is 0 Å². The molecule has 3 nitrogen and oxygen atoms in total. The molecular formula is C16H23N3. The quantitative estimate of drug-likeness (QED) is 0.911. The SMILES string of the molecule is Cc1ccc(CNC(C)c2c(C)nn(C)c2C)cc1. The van der Waals surface area contributed by atoms with Gasteiger partial charge in [-0.1, -0.05) is 29.8 Å². The van der Waals surface area contributed by atoms with Crippen LogP contribution in [0.15, 0.2) is 24.3 Å². The predicted molar refractivity (Wildman–Crippen MR) is 79.1 cm³/mol. The van der Waals surface area contributed by atoms with Gasteiger partial charge in [0.05, 0.1) is 5.69 Å². The summed E-state index contributed by atoms with van der Waals surface area (Å²) in [6, 6.07) is 8.98. The van der Waals surface area contributed by atoms with Gasteiger partial charge in [-0.05, 0) is 33.3 Å². The van der Waals surface area contributed by atoms with Gasteiger partial charge in [0.1, 0.15) is 0 Å². The highest BCUT2D eigenvalue weighted by Gasteiger charge is 2.15. The molecule has 1 aromatic heterocycles. The van der Waals surface area contributed by atoms with Gasteiger partial charge in [-0.15, -0.1) is 0 Å². The van der Waals surface area contributed by atoms with Gasteiger partial charge in [0, 0.05) is 30.9 Å². The van der Waals surface area contributed by atoms with Gasteiger partial charge in [-0.3, -0.25) is 4.68 Å². The Morgan fingerprint density at radius 1 is 1.16 bits per heavy atom. The van der Waals surface area contributed by atoms with Crippen molar-refractivity contribution in [2.24, 2.45) is 7.05 Å². The maximum atomic E-state index is 4.47. The van der Waals surface area contributed by atoms with Crippen molar-refractivity contribution in [1.29, 1.82) is 0 Å². The highest BCUT2D eigenvalue weighted by Crippen LogP contribution is 2.21. The molecule has 0 radical (unpaired) electrons. The van der Waals surface area contributed by atoms with E-state index in [-0.39, 0.29) is 0 Å². The minimum absolute atomic E-state index is 0.315. The van der Waals surface area contributed by atoms with E-state index >= 15 is 0 Å². The van der Waals surface area contributed by atoms with Crippen LogP contribution in [0.5, 0.6) is 0 Å².